The first kappa shape index (κ1) is 10.1. The first-order valence-corrected chi connectivity index (χ1v) is 6.23. The molecule has 2 saturated carbocycles. The van der Waals surface area contributed by atoms with Crippen LogP contribution in [0.1, 0.15) is 44.0 Å². The van der Waals surface area contributed by atoms with Gasteiger partial charge >= 0.3 is 0 Å². The van der Waals surface area contributed by atoms with Crippen molar-refractivity contribution in [2.24, 2.45) is 0 Å². The zero-order valence-corrected chi connectivity index (χ0v) is 9.74. The zero-order valence-electron chi connectivity index (χ0n) is 9.74. The predicted molar refractivity (Wildman–Crippen MR) is 62.3 cm³/mol. The van der Waals surface area contributed by atoms with Gasteiger partial charge in [0.1, 0.15) is 5.82 Å². The lowest BCUT2D eigenvalue weighted by atomic mass is 9.93. The van der Waals surface area contributed by atoms with Gasteiger partial charge in [0.05, 0.1) is 6.54 Å². The number of nitrogens with zero attached hydrogens (tertiary/aromatic N) is 3. The largest absolute Gasteiger partial charge is 0.352 e. The first-order chi connectivity index (χ1) is 7.88. The normalized spacial score (nSPS) is 20.8. The lowest BCUT2D eigenvalue weighted by molar-refractivity contribution is 0.307. The van der Waals surface area contributed by atoms with Gasteiger partial charge in [0.2, 0.25) is 5.95 Å². The molecule has 16 heavy (non-hydrogen) atoms. The molecule has 1 aromatic rings. The van der Waals surface area contributed by atoms with Crippen LogP contribution in [-0.2, 0) is 6.54 Å². The number of rotatable bonds is 5. The van der Waals surface area contributed by atoms with Gasteiger partial charge in [0, 0.05) is 12.1 Å². The lowest BCUT2D eigenvalue weighted by Gasteiger charge is -2.29. The van der Waals surface area contributed by atoms with Crippen LogP contribution in [0.15, 0.2) is 0 Å². The van der Waals surface area contributed by atoms with E-state index in [-0.39, 0.29) is 0 Å². The van der Waals surface area contributed by atoms with Gasteiger partial charge in [-0.15, -0.1) is 10.2 Å². The van der Waals surface area contributed by atoms with E-state index in [1.165, 1.54) is 32.1 Å². The molecule has 5 heteroatoms. The van der Waals surface area contributed by atoms with Crippen LogP contribution >= 0.6 is 0 Å². The van der Waals surface area contributed by atoms with Crippen LogP contribution < -0.4 is 10.6 Å². The van der Waals surface area contributed by atoms with Gasteiger partial charge in [-0.2, -0.15) is 0 Å². The Hall–Kier alpha value is -1.10. The van der Waals surface area contributed by atoms with E-state index in [0.717, 1.165) is 18.3 Å². The smallest absolute Gasteiger partial charge is 0.225 e. The van der Waals surface area contributed by atoms with E-state index in [4.69, 9.17) is 0 Å². The number of aromatic nitrogens is 3. The van der Waals surface area contributed by atoms with Crippen molar-refractivity contribution in [3.8, 4) is 0 Å². The Morgan fingerprint density at radius 1 is 1.25 bits per heavy atom. The van der Waals surface area contributed by atoms with Crippen LogP contribution in [0.25, 0.3) is 0 Å². The average molecular weight is 221 g/mol. The molecular weight excluding hydrogens is 202 g/mol. The maximum absolute atomic E-state index is 4.28. The highest BCUT2D eigenvalue weighted by Crippen LogP contribution is 2.35. The molecule has 0 spiro atoms. The zero-order chi connectivity index (χ0) is 11.0. The molecule has 2 N–H and O–H groups in total. The van der Waals surface area contributed by atoms with E-state index in [1.807, 2.05) is 7.05 Å². The van der Waals surface area contributed by atoms with Crippen molar-refractivity contribution < 1.29 is 0 Å². The van der Waals surface area contributed by atoms with Gasteiger partial charge in [0.25, 0.3) is 0 Å². The summed E-state index contributed by atoms with van der Waals surface area (Å²) in [6.45, 7) is 0.801. The minimum absolute atomic E-state index is 0.625. The Bertz CT molecular complexity index is 364. The van der Waals surface area contributed by atoms with Crippen molar-refractivity contribution in [2.75, 3.05) is 12.4 Å². The number of hydrogen-bond acceptors (Lipinski definition) is 4. The molecule has 3 rings (SSSR count). The maximum atomic E-state index is 4.28. The van der Waals surface area contributed by atoms with E-state index in [9.17, 15) is 0 Å². The van der Waals surface area contributed by atoms with E-state index >= 15 is 0 Å². The van der Waals surface area contributed by atoms with Crippen LogP contribution in [0.2, 0.25) is 0 Å². The lowest BCUT2D eigenvalue weighted by Crippen LogP contribution is -2.23. The molecule has 2 aliphatic carbocycles. The van der Waals surface area contributed by atoms with Crippen molar-refractivity contribution >= 4 is 5.95 Å². The standard InChI is InChI=1S/C11H19N5/c1-12-7-10-14-15-11(13-8-5-6-8)16(10)9-3-2-4-9/h8-9,12H,2-7H2,1H3,(H,13,15). The summed E-state index contributed by atoms with van der Waals surface area (Å²) in [5, 5.41) is 15.2. The molecule has 0 aromatic carbocycles. The van der Waals surface area contributed by atoms with Crippen molar-refractivity contribution in [2.45, 2.75) is 50.7 Å². The molecule has 1 heterocycles. The molecular formula is C11H19N5. The summed E-state index contributed by atoms with van der Waals surface area (Å²) >= 11 is 0. The second kappa shape index (κ2) is 4.05. The number of nitrogens with one attached hydrogen (secondary N) is 2. The fourth-order valence-electron chi connectivity index (χ4n) is 2.14. The van der Waals surface area contributed by atoms with Gasteiger partial charge in [-0.25, -0.2) is 0 Å². The Morgan fingerprint density at radius 3 is 2.62 bits per heavy atom. The molecule has 0 bridgehead atoms. The molecule has 0 saturated heterocycles. The SMILES string of the molecule is CNCc1nnc(NC2CC2)n1C1CCC1. The highest BCUT2D eigenvalue weighted by atomic mass is 15.4. The number of anilines is 1. The molecule has 0 atom stereocenters. The van der Waals surface area contributed by atoms with E-state index < -0.39 is 0 Å². The summed E-state index contributed by atoms with van der Waals surface area (Å²) in [5.41, 5.74) is 0. The molecule has 0 unspecified atom stereocenters. The fourth-order valence-corrected chi connectivity index (χ4v) is 2.14. The Kier molecular flexibility index (Phi) is 2.55. The van der Waals surface area contributed by atoms with Crippen LogP contribution in [0.3, 0.4) is 0 Å². The van der Waals surface area contributed by atoms with Crippen molar-refractivity contribution in [1.82, 2.24) is 20.1 Å². The summed E-state index contributed by atoms with van der Waals surface area (Å²) in [4.78, 5) is 0. The first-order valence-electron chi connectivity index (χ1n) is 6.23. The summed E-state index contributed by atoms with van der Waals surface area (Å²) in [6.07, 6.45) is 6.44. The number of hydrogen-bond donors (Lipinski definition) is 2. The third-order valence-electron chi connectivity index (χ3n) is 3.45. The molecule has 0 aliphatic heterocycles. The van der Waals surface area contributed by atoms with E-state index in [2.05, 4.69) is 25.4 Å². The van der Waals surface area contributed by atoms with Crippen LogP contribution in [0.4, 0.5) is 5.95 Å². The molecule has 0 radical (unpaired) electrons. The average Bonchev–Trinajstić information content (AvgIpc) is 2.93. The van der Waals surface area contributed by atoms with Crippen LogP contribution in [-0.4, -0.2) is 27.9 Å². The highest BCUT2D eigenvalue weighted by Gasteiger charge is 2.29. The van der Waals surface area contributed by atoms with Crippen molar-refractivity contribution in [3.05, 3.63) is 5.82 Å². The van der Waals surface area contributed by atoms with Crippen molar-refractivity contribution in [1.29, 1.82) is 0 Å². The summed E-state index contributed by atoms with van der Waals surface area (Å²) in [6, 6.07) is 1.27. The Morgan fingerprint density at radius 2 is 2.06 bits per heavy atom. The van der Waals surface area contributed by atoms with Gasteiger partial charge in [-0.3, -0.25) is 4.57 Å². The Labute approximate surface area is 95.6 Å². The monoisotopic (exact) mass is 221 g/mol. The van der Waals surface area contributed by atoms with Gasteiger partial charge in [0.15, 0.2) is 0 Å². The van der Waals surface area contributed by atoms with Crippen LogP contribution in [0, 0.1) is 0 Å². The highest BCUT2D eigenvalue weighted by molar-refractivity contribution is 5.31. The second-order valence-electron chi connectivity index (χ2n) is 4.84. The van der Waals surface area contributed by atoms with Gasteiger partial charge in [-0.1, -0.05) is 0 Å². The van der Waals surface area contributed by atoms with Gasteiger partial charge < -0.3 is 10.6 Å². The second-order valence-corrected chi connectivity index (χ2v) is 4.84. The molecule has 2 aliphatic rings. The summed E-state index contributed by atoms with van der Waals surface area (Å²) < 4.78 is 2.30. The topological polar surface area (TPSA) is 54.8 Å². The molecule has 88 valence electrons. The third kappa shape index (κ3) is 1.80. The fraction of sp³-hybridized carbons (Fsp3) is 0.818. The molecule has 1 aromatic heterocycles. The quantitative estimate of drug-likeness (QED) is 0.787. The molecule has 2 fully saturated rings. The van der Waals surface area contributed by atoms with E-state index in [1.54, 1.807) is 0 Å². The molecule has 0 amide bonds. The minimum Gasteiger partial charge on any atom is -0.352 e. The molecule has 5 nitrogen and oxygen atoms in total. The van der Waals surface area contributed by atoms with Gasteiger partial charge in [-0.05, 0) is 39.2 Å². The maximum Gasteiger partial charge on any atom is 0.225 e. The van der Waals surface area contributed by atoms with E-state index in [0.29, 0.717) is 12.1 Å². The predicted octanol–water partition coefficient (Wildman–Crippen LogP) is 1.30. The Balaban J connectivity index is 1.83. The minimum atomic E-state index is 0.625. The summed E-state index contributed by atoms with van der Waals surface area (Å²) in [7, 11) is 1.95. The summed E-state index contributed by atoms with van der Waals surface area (Å²) in [5.74, 6) is 2.05. The third-order valence-corrected chi connectivity index (χ3v) is 3.45. The van der Waals surface area contributed by atoms with Crippen LogP contribution in [0.5, 0.6) is 0 Å². The van der Waals surface area contributed by atoms with Crippen molar-refractivity contribution in [3.63, 3.8) is 0 Å².